The zero-order valence-corrected chi connectivity index (χ0v) is 10.3. The Kier molecular flexibility index (Phi) is 4.06. The van der Waals surface area contributed by atoms with Crippen LogP contribution in [-0.4, -0.2) is 21.3 Å². The van der Waals surface area contributed by atoms with Crippen molar-refractivity contribution in [3.05, 3.63) is 52.4 Å². The van der Waals surface area contributed by atoms with Crippen LogP contribution >= 0.6 is 0 Å². The maximum Gasteiger partial charge on any atom is 0.268 e. The van der Waals surface area contributed by atoms with Crippen LogP contribution in [0.1, 0.15) is 12.0 Å². The molecule has 0 aromatic carbocycles. The summed E-state index contributed by atoms with van der Waals surface area (Å²) in [5, 5.41) is 17.8. The zero-order chi connectivity index (χ0) is 13.7. The molecule has 5 heteroatoms. The van der Waals surface area contributed by atoms with Gasteiger partial charge in [0.2, 0.25) is 0 Å². The number of aromatic nitrogens is 2. The van der Waals surface area contributed by atoms with Gasteiger partial charge in [-0.2, -0.15) is 5.26 Å². The molecule has 0 radical (unpaired) electrons. The lowest BCUT2D eigenvalue weighted by molar-refractivity contribution is 0.279. The second kappa shape index (κ2) is 5.94. The minimum Gasteiger partial charge on any atom is -0.396 e. The van der Waals surface area contributed by atoms with Gasteiger partial charge in [-0.15, -0.1) is 0 Å². The van der Waals surface area contributed by atoms with Crippen molar-refractivity contribution in [2.45, 2.75) is 13.0 Å². The Morgan fingerprint density at radius 1 is 1.32 bits per heavy atom. The molecule has 0 spiro atoms. The first-order valence-corrected chi connectivity index (χ1v) is 5.94. The molecule has 0 atom stereocenters. The summed E-state index contributed by atoms with van der Waals surface area (Å²) in [6, 6.07) is 10.5. The second-order valence-corrected chi connectivity index (χ2v) is 3.99. The van der Waals surface area contributed by atoms with E-state index in [1.807, 2.05) is 12.1 Å². The van der Waals surface area contributed by atoms with Crippen molar-refractivity contribution in [2.24, 2.45) is 0 Å². The largest absolute Gasteiger partial charge is 0.396 e. The third kappa shape index (κ3) is 2.69. The van der Waals surface area contributed by atoms with Crippen LogP contribution in [0.5, 0.6) is 0 Å². The SMILES string of the molecule is N#Cc1ccc(-c2ccccn2)n(CCCO)c1=O. The summed E-state index contributed by atoms with van der Waals surface area (Å²) in [6.07, 6.45) is 2.10. The van der Waals surface area contributed by atoms with E-state index in [-0.39, 0.29) is 17.7 Å². The maximum atomic E-state index is 12.1. The van der Waals surface area contributed by atoms with E-state index in [0.717, 1.165) is 0 Å². The zero-order valence-electron chi connectivity index (χ0n) is 10.3. The highest BCUT2D eigenvalue weighted by Gasteiger charge is 2.10. The molecular weight excluding hydrogens is 242 g/mol. The van der Waals surface area contributed by atoms with Crippen molar-refractivity contribution in [1.82, 2.24) is 9.55 Å². The van der Waals surface area contributed by atoms with Gasteiger partial charge in [0.1, 0.15) is 11.6 Å². The van der Waals surface area contributed by atoms with E-state index in [1.54, 1.807) is 24.4 Å². The first-order valence-electron chi connectivity index (χ1n) is 5.94. The van der Waals surface area contributed by atoms with Crippen molar-refractivity contribution in [3.63, 3.8) is 0 Å². The topological polar surface area (TPSA) is 78.9 Å². The summed E-state index contributed by atoms with van der Waals surface area (Å²) in [5.74, 6) is 0. The molecule has 2 rings (SSSR count). The van der Waals surface area contributed by atoms with E-state index in [2.05, 4.69) is 4.98 Å². The van der Waals surface area contributed by atoms with Gasteiger partial charge in [0.15, 0.2) is 0 Å². The minimum atomic E-state index is -0.348. The molecule has 0 bridgehead atoms. The van der Waals surface area contributed by atoms with Crippen LogP contribution in [0.25, 0.3) is 11.4 Å². The van der Waals surface area contributed by atoms with Crippen molar-refractivity contribution >= 4 is 0 Å². The fraction of sp³-hybridized carbons (Fsp3) is 0.214. The first kappa shape index (κ1) is 13.0. The van der Waals surface area contributed by atoms with Crippen LogP contribution in [0, 0.1) is 11.3 Å². The second-order valence-electron chi connectivity index (χ2n) is 3.99. The Labute approximate surface area is 110 Å². The van der Waals surface area contributed by atoms with E-state index in [1.165, 1.54) is 10.6 Å². The number of rotatable bonds is 4. The number of hydrogen-bond donors (Lipinski definition) is 1. The van der Waals surface area contributed by atoms with Crippen LogP contribution in [0.4, 0.5) is 0 Å². The predicted molar refractivity (Wildman–Crippen MR) is 70.4 cm³/mol. The molecule has 2 heterocycles. The van der Waals surface area contributed by atoms with Crippen molar-refractivity contribution < 1.29 is 5.11 Å². The molecule has 19 heavy (non-hydrogen) atoms. The normalized spacial score (nSPS) is 10.1. The Bertz CT molecular complexity index is 657. The minimum absolute atomic E-state index is 0.00905. The highest BCUT2D eigenvalue weighted by Crippen LogP contribution is 2.15. The number of hydrogen-bond acceptors (Lipinski definition) is 4. The molecule has 2 aromatic heterocycles. The van der Waals surface area contributed by atoms with Crippen LogP contribution in [0.3, 0.4) is 0 Å². The van der Waals surface area contributed by atoms with Gasteiger partial charge in [0, 0.05) is 19.3 Å². The summed E-state index contributed by atoms with van der Waals surface area (Å²) in [7, 11) is 0. The van der Waals surface area contributed by atoms with Gasteiger partial charge in [0.05, 0.1) is 11.4 Å². The average Bonchev–Trinajstić information content (AvgIpc) is 2.46. The molecule has 5 nitrogen and oxygen atoms in total. The van der Waals surface area contributed by atoms with Gasteiger partial charge in [0.25, 0.3) is 5.56 Å². The van der Waals surface area contributed by atoms with E-state index >= 15 is 0 Å². The van der Waals surface area contributed by atoms with E-state index in [4.69, 9.17) is 10.4 Å². The molecular formula is C14H13N3O2. The van der Waals surface area contributed by atoms with Gasteiger partial charge in [-0.25, -0.2) is 0 Å². The molecule has 0 unspecified atom stereocenters. The quantitative estimate of drug-likeness (QED) is 0.889. The molecule has 2 aromatic rings. The number of aliphatic hydroxyl groups excluding tert-OH is 1. The van der Waals surface area contributed by atoms with Crippen molar-refractivity contribution in [2.75, 3.05) is 6.61 Å². The Morgan fingerprint density at radius 3 is 2.79 bits per heavy atom. The summed E-state index contributed by atoms with van der Waals surface area (Å²) in [4.78, 5) is 16.3. The lowest BCUT2D eigenvalue weighted by Gasteiger charge is -2.12. The predicted octanol–water partition coefficient (Wildman–Crippen LogP) is 1.16. The number of aliphatic hydroxyl groups is 1. The molecule has 0 aliphatic heterocycles. The van der Waals surface area contributed by atoms with E-state index in [9.17, 15) is 4.79 Å². The van der Waals surface area contributed by atoms with Crippen LogP contribution in [0.15, 0.2) is 41.3 Å². The fourth-order valence-corrected chi connectivity index (χ4v) is 1.85. The smallest absolute Gasteiger partial charge is 0.268 e. The third-order valence-corrected chi connectivity index (χ3v) is 2.76. The number of nitriles is 1. The average molecular weight is 255 g/mol. The standard InChI is InChI=1S/C14H13N3O2/c15-10-11-5-6-13(12-4-1-2-7-16-12)17(14(11)19)8-3-9-18/h1-2,4-7,18H,3,8-9H2. The molecule has 96 valence electrons. The third-order valence-electron chi connectivity index (χ3n) is 2.76. The van der Waals surface area contributed by atoms with Gasteiger partial charge in [-0.1, -0.05) is 6.07 Å². The number of pyridine rings is 2. The van der Waals surface area contributed by atoms with Gasteiger partial charge in [-0.3, -0.25) is 9.78 Å². The lowest BCUT2D eigenvalue weighted by Crippen LogP contribution is -2.24. The summed E-state index contributed by atoms with van der Waals surface area (Å²) in [5.41, 5.74) is 1.07. The summed E-state index contributed by atoms with van der Waals surface area (Å²) >= 11 is 0. The summed E-state index contributed by atoms with van der Waals surface area (Å²) < 4.78 is 1.48. The highest BCUT2D eigenvalue weighted by molar-refractivity contribution is 5.55. The van der Waals surface area contributed by atoms with E-state index in [0.29, 0.717) is 24.4 Å². The molecule has 0 fully saturated rings. The summed E-state index contributed by atoms with van der Waals surface area (Å²) in [6.45, 7) is 0.349. The molecule has 0 aliphatic rings. The van der Waals surface area contributed by atoms with Crippen LogP contribution in [0.2, 0.25) is 0 Å². The Hall–Kier alpha value is -2.45. The van der Waals surface area contributed by atoms with Gasteiger partial charge >= 0.3 is 0 Å². The number of nitrogens with zero attached hydrogens (tertiary/aromatic N) is 3. The lowest BCUT2D eigenvalue weighted by atomic mass is 10.2. The molecule has 0 aliphatic carbocycles. The van der Waals surface area contributed by atoms with Crippen molar-refractivity contribution in [1.29, 1.82) is 5.26 Å². The van der Waals surface area contributed by atoms with Gasteiger partial charge < -0.3 is 9.67 Å². The monoisotopic (exact) mass is 255 g/mol. The Balaban J connectivity index is 2.58. The first-order chi connectivity index (χ1) is 9.27. The molecule has 0 saturated heterocycles. The van der Waals surface area contributed by atoms with E-state index < -0.39 is 0 Å². The molecule has 0 amide bonds. The molecule has 1 N–H and O–H groups in total. The fourth-order valence-electron chi connectivity index (χ4n) is 1.85. The van der Waals surface area contributed by atoms with Gasteiger partial charge in [-0.05, 0) is 30.7 Å². The van der Waals surface area contributed by atoms with Crippen LogP contribution < -0.4 is 5.56 Å². The molecule has 0 saturated carbocycles. The highest BCUT2D eigenvalue weighted by atomic mass is 16.3. The maximum absolute atomic E-state index is 12.1. The Morgan fingerprint density at radius 2 is 2.16 bits per heavy atom. The van der Waals surface area contributed by atoms with Crippen molar-refractivity contribution in [3.8, 4) is 17.5 Å². The van der Waals surface area contributed by atoms with Crippen LogP contribution in [-0.2, 0) is 6.54 Å².